The lowest BCUT2D eigenvalue weighted by molar-refractivity contribution is -0.776. The van der Waals surface area contributed by atoms with Crippen LogP contribution in [-0.2, 0) is 12.8 Å². The molecule has 1 amide bonds. The molecule has 7 heteroatoms. The summed E-state index contributed by atoms with van der Waals surface area (Å²) < 4.78 is 5.64. The highest BCUT2D eigenvalue weighted by Crippen LogP contribution is 2.41. The van der Waals surface area contributed by atoms with Crippen LogP contribution in [-0.4, -0.2) is 55.7 Å². The zero-order valence-corrected chi connectivity index (χ0v) is 17.6. The fourth-order valence-corrected chi connectivity index (χ4v) is 5.29. The number of H-pyrrole nitrogens is 1. The van der Waals surface area contributed by atoms with Crippen molar-refractivity contribution in [3.8, 4) is 5.75 Å². The number of hydrogen-bond donors (Lipinski definition) is 3. The van der Waals surface area contributed by atoms with E-state index in [0.717, 1.165) is 78.6 Å². The highest BCUT2D eigenvalue weighted by molar-refractivity contribution is 6.20. The van der Waals surface area contributed by atoms with Gasteiger partial charge in [-0.3, -0.25) is 5.06 Å². The number of hydrogen-bond acceptors (Lipinski definition) is 4. The van der Waals surface area contributed by atoms with Crippen LogP contribution in [0.4, 0.5) is 0 Å². The van der Waals surface area contributed by atoms with Gasteiger partial charge in [0.05, 0.1) is 55.3 Å². The van der Waals surface area contributed by atoms with Crippen LogP contribution >= 0.6 is 0 Å². The molecule has 2 aromatic carbocycles. The van der Waals surface area contributed by atoms with E-state index in [1.165, 1.54) is 11.1 Å². The molecule has 30 heavy (non-hydrogen) atoms. The fourth-order valence-electron chi connectivity index (χ4n) is 5.29. The predicted octanol–water partition coefficient (Wildman–Crippen LogP) is 0.486. The standard InChI is InChI=1S/C23H28N4O3/c1-14-15-5-3-6-16(15)22-21(20-17(25-22)7-4-8-18(20)30-2)19(14)23(28)27(29)13-26-11-9-24-10-12-26/h4,7-8,24-25,27H,3,5-6,9-13H2,1-2H3/p+1. The molecular formula is C23H29N4O3+. The maximum Gasteiger partial charge on any atom is 0.346 e. The maximum absolute atomic E-state index is 13.6. The summed E-state index contributed by atoms with van der Waals surface area (Å²) in [6.07, 6.45) is 3.03. The van der Waals surface area contributed by atoms with Crippen LogP contribution in [0.25, 0.3) is 21.8 Å². The second-order valence-corrected chi connectivity index (χ2v) is 8.46. The van der Waals surface area contributed by atoms with Gasteiger partial charge < -0.3 is 20.2 Å². The van der Waals surface area contributed by atoms with Gasteiger partial charge in [0, 0.05) is 5.39 Å². The SMILES string of the molecule is COc1cccc2[nH]c3c4c(c(C)c(C(=O)[NH+]([O-])CN5CC[NH2+]CC5)c3c12)CCC4. The zero-order valence-electron chi connectivity index (χ0n) is 17.6. The van der Waals surface area contributed by atoms with Crippen LogP contribution in [0, 0.1) is 12.1 Å². The van der Waals surface area contributed by atoms with Gasteiger partial charge in [0.1, 0.15) is 12.4 Å². The number of fused-ring (bicyclic) bond motifs is 5. The van der Waals surface area contributed by atoms with Crippen LogP contribution in [0.1, 0.15) is 33.5 Å². The molecule has 158 valence electrons. The molecule has 3 aromatic rings. The van der Waals surface area contributed by atoms with Crippen molar-refractivity contribution >= 4 is 27.7 Å². The van der Waals surface area contributed by atoms with Crippen molar-refractivity contribution < 1.29 is 19.9 Å². The molecule has 4 N–H and O–H groups in total. The summed E-state index contributed by atoms with van der Waals surface area (Å²) in [5, 5.41) is 16.8. The van der Waals surface area contributed by atoms with Crippen molar-refractivity contribution in [2.45, 2.75) is 26.2 Å². The number of nitrogens with zero attached hydrogens (tertiary/aromatic N) is 1. The fraction of sp³-hybridized carbons (Fsp3) is 0.435. The van der Waals surface area contributed by atoms with Crippen molar-refractivity contribution in [2.24, 2.45) is 0 Å². The molecule has 1 aliphatic heterocycles. The number of carbonyl (C=O) groups excluding carboxylic acids is 1. The molecule has 1 aromatic heterocycles. The Balaban J connectivity index is 1.69. The van der Waals surface area contributed by atoms with E-state index >= 15 is 0 Å². The van der Waals surface area contributed by atoms with Crippen LogP contribution in [0.2, 0.25) is 0 Å². The average Bonchev–Trinajstić information content (AvgIpc) is 3.39. The maximum atomic E-state index is 13.6. The molecule has 5 rings (SSSR count). The lowest BCUT2D eigenvalue weighted by Crippen LogP contribution is -3.12. The number of piperazine rings is 1. The number of aryl methyl sites for hydroxylation is 1. The molecule has 1 saturated heterocycles. The van der Waals surface area contributed by atoms with Gasteiger partial charge in [-0.15, -0.1) is 0 Å². The van der Waals surface area contributed by atoms with E-state index in [4.69, 9.17) is 4.74 Å². The first kappa shape index (κ1) is 19.5. The minimum atomic E-state index is -0.367. The molecule has 0 spiro atoms. The first-order chi connectivity index (χ1) is 14.6. The third-order valence-electron chi connectivity index (χ3n) is 6.75. The Hall–Kier alpha value is -2.45. The zero-order chi connectivity index (χ0) is 20.8. The van der Waals surface area contributed by atoms with Crippen molar-refractivity contribution in [3.05, 3.63) is 45.7 Å². The Morgan fingerprint density at radius 1 is 1.23 bits per heavy atom. The topological polar surface area (TPSA) is 89.4 Å². The smallest absolute Gasteiger partial charge is 0.346 e. The molecule has 1 aliphatic carbocycles. The van der Waals surface area contributed by atoms with Gasteiger partial charge in [-0.25, -0.2) is 9.69 Å². The first-order valence-electron chi connectivity index (χ1n) is 10.8. The molecule has 1 unspecified atom stereocenters. The summed E-state index contributed by atoms with van der Waals surface area (Å²) in [5.41, 5.74) is 5.99. The summed E-state index contributed by atoms with van der Waals surface area (Å²) in [6.45, 7) is 5.85. The van der Waals surface area contributed by atoms with Gasteiger partial charge in [0.2, 0.25) is 0 Å². The number of methoxy groups -OCH3 is 1. The molecule has 7 nitrogen and oxygen atoms in total. The summed E-state index contributed by atoms with van der Waals surface area (Å²) in [6, 6.07) is 5.87. The molecule has 2 aliphatic rings. The lowest BCUT2D eigenvalue weighted by Gasteiger charge is -2.30. The number of ether oxygens (including phenoxy) is 1. The molecule has 0 saturated carbocycles. The number of nitrogens with two attached hydrogens (primary N) is 1. The number of aromatic amines is 1. The van der Waals surface area contributed by atoms with Crippen LogP contribution in [0.3, 0.4) is 0 Å². The first-order valence-corrected chi connectivity index (χ1v) is 10.8. The van der Waals surface area contributed by atoms with E-state index in [9.17, 15) is 10.0 Å². The van der Waals surface area contributed by atoms with E-state index in [1.807, 2.05) is 25.1 Å². The van der Waals surface area contributed by atoms with Crippen molar-refractivity contribution in [1.29, 1.82) is 0 Å². The molecular weight excluding hydrogens is 380 g/mol. The molecule has 0 bridgehead atoms. The average molecular weight is 410 g/mol. The van der Waals surface area contributed by atoms with Crippen molar-refractivity contribution in [3.63, 3.8) is 0 Å². The number of amides is 1. The van der Waals surface area contributed by atoms with Gasteiger partial charge >= 0.3 is 5.91 Å². The van der Waals surface area contributed by atoms with Crippen LogP contribution < -0.4 is 15.1 Å². The summed E-state index contributed by atoms with van der Waals surface area (Å²) in [7, 11) is 1.65. The second-order valence-electron chi connectivity index (χ2n) is 8.46. The van der Waals surface area contributed by atoms with Gasteiger partial charge in [-0.05, 0) is 55.0 Å². The molecule has 1 fully saturated rings. The quantitative estimate of drug-likeness (QED) is 0.547. The summed E-state index contributed by atoms with van der Waals surface area (Å²) >= 11 is 0. The number of carbonyl (C=O) groups is 1. The highest BCUT2D eigenvalue weighted by atomic mass is 16.5. The van der Waals surface area contributed by atoms with E-state index in [0.29, 0.717) is 5.56 Å². The van der Waals surface area contributed by atoms with Gasteiger partial charge in [-0.1, -0.05) is 6.07 Å². The number of quaternary nitrogens is 2. The Morgan fingerprint density at radius 3 is 2.77 bits per heavy atom. The minimum absolute atomic E-state index is 0.199. The molecule has 2 heterocycles. The van der Waals surface area contributed by atoms with Crippen LogP contribution in [0.15, 0.2) is 18.2 Å². The number of hydroxylamine groups is 2. The highest BCUT2D eigenvalue weighted by Gasteiger charge is 2.31. The van der Waals surface area contributed by atoms with Crippen LogP contribution in [0.5, 0.6) is 5.75 Å². The van der Waals surface area contributed by atoms with E-state index < -0.39 is 0 Å². The van der Waals surface area contributed by atoms with E-state index in [1.54, 1.807) is 7.11 Å². The molecule has 0 radical (unpaired) electrons. The van der Waals surface area contributed by atoms with Crippen molar-refractivity contribution in [1.82, 2.24) is 9.88 Å². The second kappa shape index (κ2) is 7.67. The number of benzene rings is 2. The Labute approximate surface area is 175 Å². The largest absolute Gasteiger partial charge is 0.626 e. The normalized spacial score (nSPS) is 18.1. The molecule has 1 atom stereocenters. The Bertz CT molecular complexity index is 1130. The summed E-state index contributed by atoms with van der Waals surface area (Å²) in [4.78, 5) is 19.2. The number of nitrogens with one attached hydrogen (secondary N) is 2. The third-order valence-corrected chi connectivity index (χ3v) is 6.75. The Morgan fingerprint density at radius 2 is 2.00 bits per heavy atom. The van der Waals surface area contributed by atoms with E-state index in [-0.39, 0.29) is 17.6 Å². The monoisotopic (exact) mass is 409 g/mol. The number of aromatic nitrogens is 1. The van der Waals surface area contributed by atoms with E-state index in [2.05, 4.69) is 15.2 Å². The summed E-state index contributed by atoms with van der Waals surface area (Å²) in [5.74, 6) is 0.359. The van der Waals surface area contributed by atoms with Gasteiger partial charge in [0.25, 0.3) is 0 Å². The number of rotatable bonds is 4. The third kappa shape index (κ3) is 3.01. The van der Waals surface area contributed by atoms with Gasteiger partial charge in [0.15, 0.2) is 0 Å². The predicted molar refractivity (Wildman–Crippen MR) is 116 cm³/mol. The van der Waals surface area contributed by atoms with Gasteiger partial charge in [-0.2, -0.15) is 0 Å². The Kier molecular flexibility index (Phi) is 4.99. The van der Waals surface area contributed by atoms with Crippen molar-refractivity contribution in [2.75, 3.05) is 40.0 Å². The lowest BCUT2D eigenvalue weighted by atomic mass is 9.92. The minimum Gasteiger partial charge on any atom is -0.626 e.